The van der Waals surface area contributed by atoms with Gasteiger partial charge >= 0.3 is 6.03 Å². The molecule has 4 rings (SSSR count). The van der Waals surface area contributed by atoms with Gasteiger partial charge in [-0.15, -0.1) is 0 Å². The van der Waals surface area contributed by atoms with E-state index in [2.05, 4.69) is 10.5 Å². The lowest BCUT2D eigenvalue weighted by molar-refractivity contribution is 0.0736. The second kappa shape index (κ2) is 10.5. The van der Waals surface area contributed by atoms with Gasteiger partial charge in [-0.05, 0) is 44.9 Å². The van der Waals surface area contributed by atoms with E-state index in [0.717, 1.165) is 22.4 Å². The first-order valence-corrected chi connectivity index (χ1v) is 11.4. The van der Waals surface area contributed by atoms with Crippen LogP contribution in [0.2, 0.25) is 0 Å². The van der Waals surface area contributed by atoms with Crippen LogP contribution < -0.4 is 10.1 Å². The van der Waals surface area contributed by atoms with Crippen LogP contribution in [0.4, 0.5) is 4.79 Å². The summed E-state index contributed by atoms with van der Waals surface area (Å²) in [6.45, 7) is 7.01. The fourth-order valence-corrected chi connectivity index (χ4v) is 3.98. The molecule has 1 aliphatic rings. The van der Waals surface area contributed by atoms with Crippen molar-refractivity contribution in [2.45, 2.75) is 39.3 Å². The zero-order valence-electron chi connectivity index (χ0n) is 19.9. The number of urea groups is 1. The number of hydrogen-bond acceptors (Lipinski definition) is 6. The highest BCUT2D eigenvalue weighted by Gasteiger charge is 2.35. The molecule has 178 valence electrons. The summed E-state index contributed by atoms with van der Waals surface area (Å²) < 4.78 is 16.7. The van der Waals surface area contributed by atoms with E-state index in [0.29, 0.717) is 37.0 Å². The molecule has 8 nitrogen and oxygen atoms in total. The van der Waals surface area contributed by atoms with Gasteiger partial charge in [-0.2, -0.15) is 4.98 Å². The van der Waals surface area contributed by atoms with Gasteiger partial charge in [0.2, 0.25) is 5.82 Å². The van der Waals surface area contributed by atoms with Gasteiger partial charge in [-0.3, -0.25) is 4.90 Å². The van der Waals surface area contributed by atoms with E-state index in [1.165, 1.54) is 0 Å². The molecule has 0 aliphatic carbocycles. The van der Waals surface area contributed by atoms with Crippen LogP contribution in [0, 0.1) is 0 Å². The number of benzene rings is 2. The number of nitrogens with zero attached hydrogens (tertiary/aromatic N) is 3. The largest absolute Gasteiger partial charge is 0.497 e. The van der Waals surface area contributed by atoms with Crippen LogP contribution >= 0.6 is 0 Å². The molecule has 0 saturated carbocycles. The van der Waals surface area contributed by atoms with Crippen molar-refractivity contribution in [1.29, 1.82) is 0 Å². The lowest BCUT2D eigenvalue weighted by Crippen LogP contribution is -2.46. The smallest absolute Gasteiger partial charge is 0.322 e. The minimum Gasteiger partial charge on any atom is -0.497 e. The zero-order chi connectivity index (χ0) is 24.1. The van der Waals surface area contributed by atoms with Gasteiger partial charge in [0.1, 0.15) is 5.75 Å². The minimum absolute atomic E-state index is 0.151. The topological polar surface area (TPSA) is 89.7 Å². The molecule has 8 heteroatoms. The number of methoxy groups -OCH3 is 1. The Labute approximate surface area is 199 Å². The van der Waals surface area contributed by atoms with Crippen molar-refractivity contribution in [2.75, 3.05) is 20.3 Å². The molecule has 1 N–H and O–H groups in total. The van der Waals surface area contributed by atoms with Crippen molar-refractivity contribution in [1.82, 2.24) is 20.4 Å². The number of nitrogens with one attached hydrogen (secondary N) is 1. The van der Waals surface area contributed by atoms with E-state index < -0.39 is 6.04 Å². The Morgan fingerprint density at radius 2 is 1.94 bits per heavy atom. The SMILES string of the molecule is COc1cccc(-c2noc(C3=C(C)N(CCCOC(C)C)C(=O)NC3c3ccccc3)n2)c1. The number of carbonyl (C=O) groups is 1. The first kappa shape index (κ1) is 23.5. The van der Waals surface area contributed by atoms with E-state index in [-0.39, 0.29) is 12.1 Å². The van der Waals surface area contributed by atoms with Gasteiger partial charge in [0, 0.05) is 24.4 Å². The second-order valence-corrected chi connectivity index (χ2v) is 8.37. The number of hydrogen-bond donors (Lipinski definition) is 1. The summed E-state index contributed by atoms with van der Waals surface area (Å²) >= 11 is 0. The number of allylic oxidation sites excluding steroid dienone is 1. The van der Waals surface area contributed by atoms with Crippen LogP contribution in [0.5, 0.6) is 5.75 Å². The predicted molar refractivity (Wildman–Crippen MR) is 129 cm³/mol. The minimum atomic E-state index is -0.407. The molecule has 1 unspecified atom stereocenters. The molecule has 1 aromatic heterocycles. The van der Waals surface area contributed by atoms with Crippen molar-refractivity contribution in [3.63, 3.8) is 0 Å². The third kappa shape index (κ3) is 5.12. The van der Waals surface area contributed by atoms with Crippen molar-refractivity contribution in [3.05, 3.63) is 71.7 Å². The Bertz CT molecular complexity index is 1160. The average Bonchev–Trinajstić information content (AvgIpc) is 3.33. The van der Waals surface area contributed by atoms with Gasteiger partial charge < -0.3 is 19.3 Å². The van der Waals surface area contributed by atoms with Crippen LogP contribution in [0.25, 0.3) is 17.0 Å². The van der Waals surface area contributed by atoms with E-state index >= 15 is 0 Å². The molecule has 1 atom stereocenters. The number of amides is 2. The van der Waals surface area contributed by atoms with Crippen LogP contribution in [0.3, 0.4) is 0 Å². The van der Waals surface area contributed by atoms with Crippen molar-refractivity contribution >= 4 is 11.6 Å². The number of rotatable bonds is 9. The van der Waals surface area contributed by atoms with E-state index in [9.17, 15) is 4.79 Å². The molecule has 0 spiro atoms. The summed E-state index contributed by atoms with van der Waals surface area (Å²) in [5, 5.41) is 7.33. The molecule has 2 heterocycles. The lowest BCUT2D eigenvalue weighted by atomic mass is 9.94. The van der Waals surface area contributed by atoms with E-state index in [1.807, 2.05) is 75.4 Å². The van der Waals surface area contributed by atoms with Gasteiger partial charge in [-0.1, -0.05) is 47.6 Å². The maximum Gasteiger partial charge on any atom is 0.322 e. The fraction of sp³-hybridized carbons (Fsp3) is 0.346. The third-order valence-corrected chi connectivity index (χ3v) is 5.69. The quantitative estimate of drug-likeness (QED) is 0.447. The highest BCUT2D eigenvalue weighted by Crippen LogP contribution is 2.37. The maximum atomic E-state index is 13.0. The molecule has 2 amide bonds. The van der Waals surface area contributed by atoms with Gasteiger partial charge in [0.15, 0.2) is 0 Å². The van der Waals surface area contributed by atoms with Crippen LogP contribution in [-0.2, 0) is 4.74 Å². The lowest BCUT2D eigenvalue weighted by Gasteiger charge is -2.35. The maximum absolute atomic E-state index is 13.0. The first-order valence-electron chi connectivity index (χ1n) is 11.4. The Balaban J connectivity index is 1.70. The normalized spacial score (nSPS) is 16.2. The average molecular weight is 463 g/mol. The third-order valence-electron chi connectivity index (χ3n) is 5.69. The molecule has 0 bridgehead atoms. The van der Waals surface area contributed by atoms with Crippen molar-refractivity contribution in [2.24, 2.45) is 0 Å². The van der Waals surface area contributed by atoms with E-state index in [4.69, 9.17) is 19.0 Å². The Hall–Kier alpha value is -3.65. The molecule has 3 aromatic rings. The molecule has 0 saturated heterocycles. The number of carbonyl (C=O) groups excluding carboxylic acids is 1. The van der Waals surface area contributed by atoms with Gasteiger partial charge in [-0.25, -0.2) is 4.79 Å². The molecule has 2 aromatic carbocycles. The molecule has 0 fully saturated rings. The molecule has 1 aliphatic heterocycles. The Morgan fingerprint density at radius 3 is 2.68 bits per heavy atom. The molecule has 0 radical (unpaired) electrons. The molecule has 34 heavy (non-hydrogen) atoms. The standard InChI is InChI=1S/C26H30N4O4/c1-17(2)33-15-9-14-30-18(3)22(23(27-26(30)31)19-10-6-5-7-11-19)25-28-24(29-34-25)20-12-8-13-21(16-20)32-4/h5-8,10-13,16-17,23H,9,14-15H2,1-4H3,(H,27,31). The number of aromatic nitrogens is 2. The second-order valence-electron chi connectivity index (χ2n) is 8.37. The molecular weight excluding hydrogens is 432 g/mol. The monoisotopic (exact) mass is 462 g/mol. The zero-order valence-corrected chi connectivity index (χ0v) is 19.9. The van der Waals surface area contributed by atoms with Crippen molar-refractivity contribution in [3.8, 4) is 17.1 Å². The summed E-state index contributed by atoms with van der Waals surface area (Å²) in [5.41, 5.74) is 3.28. The van der Waals surface area contributed by atoms with Crippen LogP contribution in [0.1, 0.15) is 44.7 Å². The highest BCUT2D eigenvalue weighted by molar-refractivity contribution is 5.86. The summed E-state index contributed by atoms with van der Waals surface area (Å²) in [6.07, 6.45) is 0.865. The Morgan fingerprint density at radius 1 is 1.15 bits per heavy atom. The van der Waals surface area contributed by atoms with Gasteiger partial charge in [0.25, 0.3) is 5.89 Å². The fourth-order valence-electron chi connectivity index (χ4n) is 3.98. The molecular formula is C26H30N4O4. The predicted octanol–water partition coefficient (Wildman–Crippen LogP) is 5.06. The van der Waals surface area contributed by atoms with Crippen LogP contribution in [-0.4, -0.2) is 47.4 Å². The summed E-state index contributed by atoms with van der Waals surface area (Å²) in [6, 6.07) is 16.7. The Kier molecular flexibility index (Phi) is 7.27. The summed E-state index contributed by atoms with van der Waals surface area (Å²) in [4.78, 5) is 19.5. The van der Waals surface area contributed by atoms with E-state index in [1.54, 1.807) is 12.0 Å². The van der Waals surface area contributed by atoms with Crippen LogP contribution in [0.15, 0.2) is 64.8 Å². The number of ether oxygens (including phenoxy) is 2. The van der Waals surface area contributed by atoms with Crippen molar-refractivity contribution < 1.29 is 18.8 Å². The highest BCUT2D eigenvalue weighted by atomic mass is 16.5. The summed E-state index contributed by atoms with van der Waals surface area (Å²) in [7, 11) is 1.62. The first-order chi connectivity index (χ1) is 16.5. The van der Waals surface area contributed by atoms with Gasteiger partial charge in [0.05, 0.1) is 24.8 Å². The summed E-state index contributed by atoms with van der Waals surface area (Å²) in [5.74, 6) is 1.53.